The summed E-state index contributed by atoms with van der Waals surface area (Å²) >= 11 is 0. The third kappa shape index (κ3) is 5.08. The molecule has 2 fully saturated rings. The van der Waals surface area contributed by atoms with Crippen LogP contribution in [0.2, 0.25) is 0 Å². The Hall–Kier alpha value is -2.83. The topological polar surface area (TPSA) is 46.9 Å². The third-order valence-corrected chi connectivity index (χ3v) is 8.88. The van der Waals surface area contributed by atoms with Crippen LogP contribution in [-0.2, 0) is 24.2 Å². The van der Waals surface area contributed by atoms with E-state index in [1.165, 1.54) is 27.7 Å². The van der Waals surface area contributed by atoms with E-state index in [2.05, 4.69) is 63.8 Å². The number of carbonyl (C=O) groups excluding carboxylic acids is 1. The van der Waals surface area contributed by atoms with Crippen molar-refractivity contribution in [1.82, 2.24) is 14.4 Å². The lowest BCUT2D eigenvalue weighted by atomic mass is 9.97. The molecule has 1 aromatic heterocycles. The Morgan fingerprint density at radius 1 is 1.00 bits per heavy atom. The molecule has 6 nitrogen and oxygen atoms in total. The van der Waals surface area contributed by atoms with Gasteiger partial charge in [0.2, 0.25) is 0 Å². The predicted octanol–water partition coefficient (Wildman–Crippen LogP) is 5.50. The molecule has 0 bridgehead atoms. The quantitative estimate of drug-likeness (QED) is 0.435. The average Bonchev–Trinajstić information content (AvgIpc) is 3.26. The summed E-state index contributed by atoms with van der Waals surface area (Å²) in [5.41, 5.74) is 6.17. The minimum atomic E-state index is 0.184. The highest BCUT2D eigenvalue weighted by Gasteiger charge is 2.30. The van der Waals surface area contributed by atoms with Crippen LogP contribution in [0.25, 0.3) is 10.9 Å². The lowest BCUT2D eigenvalue weighted by Gasteiger charge is -2.37. The lowest BCUT2D eigenvalue weighted by molar-refractivity contribution is 0.0289. The SMILES string of the molecule is CCOc1ccc(Cn2c3c(c4cc(C(=O)N5CCC(C)CC5)ccc42)CN(C2CCOCC2)CC3)cc1. The Morgan fingerprint density at radius 2 is 1.76 bits per heavy atom. The third-order valence-electron chi connectivity index (χ3n) is 8.88. The van der Waals surface area contributed by atoms with Crippen LogP contribution in [-0.4, -0.2) is 65.8 Å². The van der Waals surface area contributed by atoms with Crippen molar-refractivity contribution in [2.24, 2.45) is 5.92 Å². The monoisotopic (exact) mass is 515 g/mol. The van der Waals surface area contributed by atoms with E-state index in [0.29, 0.717) is 18.6 Å². The van der Waals surface area contributed by atoms with Crippen molar-refractivity contribution in [2.75, 3.05) is 39.5 Å². The molecule has 2 aromatic carbocycles. The zero-order valence-electron chi connectivity index (χ0n) is 23.0. The molecule has 0 N–H and O–H groups in total. The Balaban J connectivity index is 1.35. The number of fused-ring (bicyclic) bond motifs is 3. The van der Waals surface area contributed by atoms with Gasteiger partial charge in [0, 0.05) is 80.6 Å². The normalized spacial score (nSPS) is 19.6. The molecule has 0 aliphatic carbocycles. The van der Waals surface area contributed by atoms with Crippen molar-refractivity contribution in [3.8, 4) is 5.75 Å². The molecule has 38 heavy (non-hydrogen) atoms. The van der Waals surface area contributed by atoms with Crippen molar-refractivity contribution in [3.05, 3.63) is 64.8 Å². The van der Waals surface area contributed by atoms with Gasteiger partial charge in [-0.3, -0.25) is 9.69 Å². The fraction of sp³-hybridized carbons (Fsp3) is 0.531. The average molecular weight is 516 g/mol. The number of hydrogen-bond acceptors (Lipinski definition) is 4. The zero-order chi connectivity index (χ0) is 26.1. The number of likely N-dealkylation sites (tertiary alicyclic amines) is 1. The van der Waals surface area contributed by atoms with Gasteiger partial charge in [-0.1, -0.05) is 19.1 Å². The van der Waals surface area contributed by atoms with Crippen molar-refractivity contribution < 1.29 is 14.3 Å². The molecule has 1 amide bonds. The summed E-state index contributed by atoms with van der Waals surface area (Å²) in [6, 6.07) is 15.5. The van der Waals surface area contributed by atoms with E-state index in [1.54, 1.807) is 0 Å². The summed E-state index contributed by atoms with van der Waals surface area (Å²) in [5.74, 6) is 1.81. The maximum absolute atomic E-state index is 13.5. The van der Waals surface area contributed by atoms with Crippen LogP contribution in [0.1, 0.15) is 66.7 Å². The maximum Gasteiger partial charge on any atom is 0.253 e. The molecule has 0 atom stereocenters. The van der Waals surface area contributed by atoms with Gasteiger partial charge in [-0.15, -0.1) is 0 Å². The summed E-state index contributed by atoms with van der Waals surface area (Å²) < 4.78 is 13.8. The van der Waals surface area contributed by atoms with Crippen LogP contribution in [0.3, 0.4) is 0 Å². The summed E-state index contributed by atoms with van der Waals surface area (Å²) in [5, 5.41) is 1.25. The van der Waals surface area contributed by atoms with Crippen LogP contribution < -0.4 is 4.74 Å². The minimum absolute atomic E-state index is 0.184. The molecule has 0 unspecified atom stereocenters. The first-order valence-corrected chi connectivity index (χ1v) is 14.6. The first kappa shape index (κ1) is 25.4. The second-order valence-electron chi connectivity index (χ2n) is 11.4. The maximum atomic E-state index is 13.5. The van der Waals surface area contributed by atoms with E-state index >= 15 is 0 Å². The van der Waals surface area contributed by atoms with Crippen LogP contribution in [0.4, 0.5) is 0 Å². The van der Waals surface area contributed by atoms with E-state index in [1.807, 2.05) is 6.92 Å². The Bertz CT molecular complexity index is 1270. The smallest absolute Gasteiger partial charge is 0.253 e. The highest BCUT2D eigenvalue weighted by molar-refractivity contribution is 5.99. The highest BCUT2D eigenvalue weighted by Crippen LogP contribution is 2.35. The van der Waals surface area contributed by atoms with Gasteiger partial charge >= 0.3 is 0 Å². The fourth-order valence-corrected chi connectivity index (χ4v) is 6.58. The van der Waals surface area contributed by atoms with E-state index in [9.17, 15) is 4.79 Å². The number of nitrogens with zero attached hydrogens (tertiary/aromatic N) is 3. The Kier molecular flexibility index (Phi) is 7.44. The van der Waals surface area contributed by atoms with Gasteiger partial charge in [-0.25, -0.2) is 0 Å². The van der Waals surface area contributed by atoms with Crippen LogP contribution >= 0.6 is 0 Å². The van der Waals surface area contributed by atoms with Gasteiger partial charge in [0.1, 0.15) is 5.75 Å². The number of hydrogen-bond donors (Lipinski definition) is 0. The number of piperidine rings is 1. The molecule has 0 radical (unpaired) electrons. The van der Waals surface area contributed by atoms with Gasteiger partial charge in [0.25, 0.3) is 5.91 Å². The number of aromatic nitrogens is 1. The standard InChI is InChI=1S/C32H41N3O3/c1-3-38-27-7-4-24(5-8-27)21-35-30-9-6-25(32(36)33-15-10-23(2)11-16-33)20-28(30)29-22-34(17-12-31(29)35)26-13-18-37-19-14-26/h4-9,20,23,26H,3,10-19,21-22H2,1-2H3. The molecule has 4 heterocycles. The molecule has 6 heteroatoms. The number of carbonyl (C=O) groups is 1. The molecule has 3 aromatic rings. The molecule has 0 spiro atoms. The number of amides is 1. The van der Waals surface area contributed by atoms with E-state index < -0.39 is 0 Å². The molecule has 3 aliphatic rings. The summed E-state index contributed by atoms with van der Waals surface area (Å²) in [4.78, 5) is 18.2. The Morgan fingerprint density at radius 3 is 2.50 bits per heavy atom. The molecule has 0 saturated carbocycles. The number of rotatable bonds is 6. The van der Waals surface area contributed by atoms with Gasteiger partial charge in [-0.05, 0) is 80.0 Å². The van der Waals surface area contributed by atoms with E-state index in [0.717, 1.165) is 89.4 Å². The van der Waals surface area contributed by atoms with Gasteiger partial charge in [0.15, 0.2) is 0 Å². The van der Waals surface area contributed by atoms with Gasteiger partial charge in [-0.2, -0.15) is 0 Å². The van der Waals surface area contributed by atoms with Crippen molar-refractivity contribution >= 4 is 16.8 Å². The molecular weight excluding hydrogens is 474 g/mol. The van der Waals surface area contributed by atoms with Gasteiger partial charge in [0.05, 0.1) is 6.61 Å². The van der Waals surface area contributed by atoms with Crippen LogP contribution in [0.5, 0.6) is 5.75 Å². The predicted molar refractivity (Wildman–Crippen MR) is 151 cm³/mol. The van der Waals surface area contributed by atoms with Crippen molar-refractivity contribution in [1.29, 1.82) is 0 Å². The fourth-order valence-electron chi connectivity index (χ4n) is 6.58. The largest absolute Gasteiger partial charge is 0.494 e. The van der Waals surface area contributed by atoms with Gasteiger partial charge < -0.3 is 18.9 Å². The Labute approximate surface area is 226 Å². The summed E-state index contributed by atoms with van der Waals surface area (Å²) in [6.45, 7) is 11.3. The van der Waals surface area contributed by atoms with Crippen molar-refractivity contribution in [2.45, 2.75) is 65.1 Å². The second kappa shape index (κ2) is 11.1. The summed E-state index contributed by atoms with van der Waals surface area (Å²) in [6.07, 6.45) is 5.45. The lowest BCUT2D eigenvalue weighted by Crippen LogP contribution is -2.42. The van der Waals surface area contributed by atoms with E-state index in [-0.39, 0.29) is 5.91 Å². The minimum Gasteiger partial charge on any atom is -0.494 e. The molecule has 6 rings (SSSR count). The zero-order valence-corrected chi connectivity index (χ0v) is 23.0. The number of ether oxygens (including phenoxy) is 2. The first-order valence-electron chi connectivity index (χ1n) is 14.6. The van der Waals surface area contributed by atoms with Crippen LogP contribution in [0, 0.1) is 5.92 Å². The highest BCUT2D eigenvalue weighted by atomic mass is 16.5. The summed E-state index contributed by atoms with van der Waals surface area (Å²) in [7, 11) is 0. The second-order valence-corrected chi connectivity index (χ2v) is 11.4. The molecule has 2 saturated heterocycles. The molecule has 3 aliphatic heterocycles. The van der Waals surface area contributed by atoms with Crippen molar-refractivity contribution in [3.63, 3.8) is 0 Å². The first-order chi connectivity index (χ1) is 18.6. The molecular formula is C32H41N3O3. The van der Waals surface area contributed by atoms with Crippen LogP contribution in [0.15, 0.2) is 42.5 Å². The van der Waals surface area contributed by atoms with E-state index in [4.69, 9.17) is 9.47 Å². The molecule has 202 valence electrons. The number of benzene rings is 2.